The second-order valence-corrected chi connectivity index (χ2v) is 9.37. The van der Waals surface area contributed by atoms with Gasteiger partial charge in [0.2, 0.25) is 5.82 Å². The minimum Gasteiger partial charge on any atom is -0.381 e. The van der Waals surface area contributed by atoms with Crippen LogP contribution in [0.25, 0.3) is 11.4 Å². The second-order valence-electron chi connectivity index (χ2n) is 9.37. The summed E-state index contributed by atoms with van der Waals surface area (Å²) >= 11 is 0. The topological polar surface area (TPSA) is 95.5 Å². The summed E-state index contributed by atoms with van der Waals surface area (Å²) in [6, 6.07) is 9.53. The van der Waals surface area contributed by atoms with Crippen LogP contribution < -0.4 is 0 Å². The average Bonchev–Trinajstić information content (AvgIpc) is 3.32. The normalized spacial score (nSPS) is 22.7. The zero-order valence-corrected chi connectivity index (χ0v) is 18.7. The minimum absolute atomic E-state index is 0.0824. The van der Waals surface area contributed by atoms with Crippen LogP contribution in [-0.4, -0.2) is 50.4 Å². The molecule has 0 aliphatic carbocycles. The van der Waals surface area contributed by atoms with E-state index in [1.165, 1.54) is 6.20 Å². The van der Waals surface area contributed by atoms with Crippen molar-refractivity contribution in [2.45, 2.75) is 51.6 Å². The molecular formula is C25H32N4O3. The molecule has 2 atom stereocenters. The summed E-state index contributed by atoms with van der Waals surface area (Å²) in [5.41, 5.74) is -2.24. The van der Waals surface area contributed by atoms with Crippen LogP contribution in [0.15, 0.2) is 47.2 Å². The third-order valence-corrected chi connectivity index (χ3v) is 6.27. The van der Waals surface area contributed by atoms with E-state index in [1.54, 1.807) is 12.3 Å². The van der Waals surface area contributed by atoms with Crippen molar-refractivity contribution in [1.29, 1.82) is 0 Å². The van der Waals surface area contributed by atoms with Crippen LogP contribution in [0.3, 0.4) is 0 Å². The number of aliphatic hydroxyl groups is 2. The van der Waals surface area contributed by atoms with E-state index in [0.29, 0.717) is 35.7 Å². The molecule has 0 spiro atoms. The van der Waals surface area contributed by atoms with Crippen molar-refractivity contribution in [3.63, 3.8) is 0 Å². The van der Waals surface area contributed by atoms with Gasteiger partial charge in [0.15, 0.2) is 0 Å². The smallest absolute Gasteiger partial charge is 0.258 e. The number of hydrogen-bond acceptors (Lipinski definition) is 7. The second kappa shape index (κ2) is 7.76. The van der Waals surface area contributed by atoms with Gasteiger partial charge in [-0.3, -0.25) is 4.98 Å². The molecule has 32 heavy (non-hydrogen) atoms. The SMILES string of the molecule is [2H]C([2H])C(O)(c1nc(-c2cncc([C@@](O)(c3ccc(C(C)C)cc3)C3(C)CN(C)C3)c2)no1)C([2H])([2H])[2H]. The summed E-state index contributed by atoms with van der Waals surface area (Å²) in [6.45, 7) is 2.17. The van der Waals surface area contributed by atoms with Gasteiger partial charge in [-0.25, -0.2) is 0 Å². The van der Waals surface area contributed by atoms with Gasteiger partial charge in [0.25, 0.3) is 5.89 Å². The Balaban J connectivity index is 1.80. The number of aromatic nitrogens is 3. The van der Waals surface area contributed by atoms with Gasteiger partial charge in [0, 0.05) is 48.9 Å². The average molecular weight is 442 g/mol. The van der Waals surface area contributed by atoms with Gasteiger partial charge in [0.1, 0.15) is 11.2 Å². The molecule has 2 N–H and O–H groups in total. The van der Waals surface area contributed by atoms with Crippen LogP contribution in [0.4, 0.5) is 0 Å². The molecule has 0 amide bonds. The van der Waals surface area contributed by atoms with E-state index in [-0.39, 0.29) is 5.82 Å². The zero-order valence-electron chi connectivity index (χ0n) is 23.7. The molecule has 0 radical (unpaired) electrons. The van der Waals surface area contributed by atoms with Crippen LogP contribution in [0.1, 0.15) is 69.9 Å². The maximum Gasteiger partial charge on any atom is 0.258 e. The molecule has 7 heteroatoms. The minimum atomic E-state index is -3.14. The number of pyridine rings is 1. The monoisotopic (exact) mass is 441 g/mol. The van der Waals surface area contributed by atoms with E-state index in [0.717, 1.165) is 5.56 Å². The molecule has 1 aliphatic heterocycles. The molecule has 2 aromatic heterocycles. The van der Waals surface area contributed by atoms with E-state index in [2.05, 4.69) is 33.9 Å². The Bertz CT molecular complexity index is 1260. The van der Waals surface area contributed by atoms with E-state index in [4.69, 9.17) is 11.4 Å². The Morgan fingerprint density at radius 1 is 1.16 bits per heavy atom. The molecule has 1 fully saturated rings. The Labute approximate surface area is 196 Å². The fourth-order valence-electron chi connectivity index (χ4n) is 4.60. The highest BCUT2D eigenvalue weighted by Gasteiger charge is 2.55. The molecular weight excluding hydrogens is 404 g/mol. The van der Waals surface area contributed by atoms with Gasteiger partial charge in [-0.05, 0) is 43.9 Å². The number of likely N-dealkylation sites (tertiary alicyclic amines) is 1. The Morgan fingerprint density at radius 3 is 2.47 bits per heavy atom. The Morgan fingerprint density at radius 2 is 1.88 bits per heavy atom. The van der Waals surface area contributed by atoms with Crippen molar-refractivity contribution in [2.75, 3.05) is 20.1 Å². The lowest BCUT2D eigenvalue weighted by molar-refractivity contribution is -0.127. The molecule has 1 aliphatic rings. The van der Waals surface area contributed by atoms with Crippen LogP contribution in [-0.2, 0) is 11.2 Å². The first-order valence-electron chi connectivity index (χ1n) is 13.2. The molecule has 0 saturated carbocycles. The van der Waals surface area contributed by atoms with Crippen molar-refractivity contribution in [2.24, 2.45) is 5.41 Å². The summed E-state index contributed by atoms with van der Waals surface area (Å²) < 4.78 is 43.0. The fourth-order valence-corrected chi connectivity index (χ4v) is 4.60. The summed E-state index contributed by atoms with van der Waals surface area (Å²) in [7, 11) is 1.98. The quantitative estimate of drug-likeness (QED) is 0.602. The lowest BCUT2D eigenvalue weighted by atomic mass is 9.62. The first-order chi connectivity index (χ1) is 17.1. The van der Waals surface area contributed by atoms with Gasteiger partial charge < -0.3 is 19.6 Å². The first-order valence-corrected chi connectivity index (χ1v) is 10.5. The Kier molecular flexibility index (Phi) is 4.11. The highest BCUT2D eigenvalue weighted by atomic mass is 16.5. The highest BCUT2D eigenvalue weighted by molar-refractivity contribution is 5.56. The van der Waals surface area contributed by atoms with Crippen LogP contribution in [0, 0.1) is 5.41 Å². The molecule has 3 aromatic rings. The van der Waals surface area contributed by atoms with Crippen molar-refractivity contribution >= 4 is 0 Å². The molecule has 1 saturated heterocycles. The maximum absolute atomic E-state index is 12.4. The van der Waals surface area contributed by atoms with Gasteiger partial charge >= 0.3 is 0 Å². The summed E-state index contributed by atoms with van der Waals surface area (Å²) in [5, 5.41) is 26.8. The van der Waals surface area contributed by atoms with E-state index >= 15 is 0 Å². The van der Waals surface area contributed by atoms with E-state index in [9.17, 15) is 10.2 Å². The molecule has 7 nitrogen and oxygen atoms in total. The van der Waals surface area contributed by atoms with Crippen LogP contribution >= 0.6 is 0 Å². The number of rotatable bonds is 6. The van der Waals surface area contributed by atoms with Crippen molar-refractivity contribution < 1.29 is 21.6 Å². The summed E-state index contributed by atoms with van der Waals surface area (Å²) in [4.78, 5) is 10.4. The fraction of sp³-hybridized carbons (Fsp3) is 0.480. The van der Waals surface area contributed by atoms with Gasteiger partial charge in [-0.1, -0.05) is 50.2 Å². The van der Waals surface area contributed by atoms with E-state index < -0.39 is 36.2 Å². The van der Waals surface area contributed by atoms with Gasteiger partial charge in [-0.2, -0.15) is 4.98 Å². The highest BCUT2D eigenvalue weighted by Crippen LogP contribution is 2.50. The van der Waals surface area contributed by atoms with Gasteiger partial charge in [0.05, 0.1) is 0 Å². The first kappa shape index (κ1) is 16.9. The van der Waals surface area contributed by atoms with Crippen LogP contribution in [0.2, 0.25) is 0 Å². The summed E-state index contributed by atoms with van der Waals surface area (Å²) in [6.07, 6.45) is 3.01. The number of benzene rings is 1. The predicted molar refractivity (Wildman–Crippen MR) is 122 cm³/mol. The predicted octanol–water partition coefficient (Wildman–Crippen LogP) is 3.67. The third kappa shape index (κ3) is 3.74. The lowest BCUT2D eigenvalue weighted by Crippen LogP contribution is -2.63. The summed E-state index contributed by atoms with van der Waals surface area (Å²) in [5.74, 6) is -0.498. The standard InChI is InChI=1S/C25H32N4O3/c1-16(2)17-7-9-19(10-8-17)25(31,24(5)14-29(6)15-24)20-11-18(12-26-13-20)21-27-22(32-28-21)23(3,4)30/h7-13,16,30-31H,14-15H2,1-6H3/t25-/m0/s1/i3D2,4D3/t23?,25-. The molecule has 170 valence electrons. The molecule has 1 unspecified atom stereocenters. The molecule has 3 heterocycles. The third-order valence-electron chi connectivity index (χ3n) is 6.27. The van der Waals surface area contributed by atoms with Crippen molar-refractivity contribution in [3.05, 3.63) is 65.3 Å². The lowest BCUT2D eigenvalue weighted by Gasteiger charge is -2.55. The number of nitrogens with zero attached hydrogens (tertiary/aromatic N) is 4. The zero-order chi connectivity index (χ0) is 27.4. The van der Waals surface area contributed by atoms with Crippen LogP contribution in [0.5, 0.6) is 0 Å². The van der Waals surface area contributed by atoms with Crippen molar-refractivity contribution in [1.82, 2.24) is 20.0 Å². The number of hydrogen-bond donors (Lipinski definition) is 2. The van der Waals surface area contributed by atoms with E-state index in [1.807, 2.05) is 38.2 Å². The largest absolute Gasteiger partial charge is 0.381 e. The maximum atomic E-state index is 12.4. The Hall–Kier alpha value is -2.61. The molecule has 0 bridgehead atoms. The molecule has 4 rings (SSSR count). The van der Waals surface area contributed by atoms with Gasteiger partial charge in [-0.15, -0.1) is 0 Å². The van der Waals surface area contributed by atoms with Crippen molar-refractivity contribution in [3.8, 4) is 11.4 Å². The molecule has 1 aromatic carbocycles.